The van der Waals surface area contributed by atoms with Gasteiger partial charge in [0.15, 0.2) is 0 Å². The summed E-state index contributed by atoms with van der Waals surface area (Å²) >= 11 is 0. The fraction of sp³-hybridized carbons (Fsp3) is 0.0833. The summed E-state index contributed by atoms with van der Waals surface area (Å²) in [5, 5.41) is 4.16. The van der Waals surface area contributed by atoms with Crippen LogP contribution < -0.4 is 4.74 Å². The highest BCUT2D eigenvalue weighted by molar-refractivity contribution is 5.68. The lowest BCUT2D eigenvalue weighted by atomic mass is 10.1. The first kappa shape index (κ1) is 9.77. The maximum atomic E-state index is 5.34. The number of ether oxygens (including phenoxy) is 1. The fourth-order valence-electron chi connectivity index (χ4n) is 1.80. The van der Waals surface area contributed by atoms with Gasteiger partial charge in [0.2, 0.25) is 0 Å². The minimum atomic E-state index is 0.577. The molecule has 2 aromatic heterocycles. The predicted molar refractivity (Wildman–Crippen MR) is 62.8 cm³/mol. The summed E-state index contributed by atoms with van der Waals surface area (Å²) in [6.45, 7) is 0. The van der Waals surface area contributed by atoms with Gasteiger partial charge in [-0.05, 0) is 18.2 Å². The SMILES string of the molecule is COc1ccccc1-c1ccnc2ncnn12. The van der Waals surface area contributed by atoms with Crippen molar-refractivity contribution in [2.45, 2.75) is 0 Å². The number of methoxy groups -OCH3 is 1. The van der Waals surface area contributed by atoms with Gasteiger partial charge in [-0.1, -0.05) is 12.1 Å². The normalized spacial score (nSPS) is 10.6. The molecule has 0 N–H and O–H groups in total. The summed E-state index contributed by atoms with van der Waals surface area (Å²) in [6, 6.07) is 9.68. The Morgan fingerprint density at radius 3 is 2.88 bits per heavy atom. The Bertz CT molecular complexity index is 662. The van der Waals surface area contributed by atoms with E-state index in [4.69, 9.17) is 4.74 Å². The van der Waals surface area contributed by atoms with E-state index in [9.17, 15) is 0 Å². The first-order valence-corrected chi connectivity index (χ1v) is 5.18. The van der Waals surface area contributed by atoms with Crippen molar-refractivity contribution in [2.75, 3.05) is 7.11 Å². The van der Waals surface area contributed by atoms with Crippen LogP contribution in [0.4, 0.5) is 0 Å². The van der Waals surface area contributed by atoms with Crippen LogP contribution in [-0.4, -0.2) is 26.7 Å². The van der Waals surface area contributed by atoms with E-state index in [-0.39, 0.29) is 0 Å². The Hall–Kier alpha value is -2.43. The third-order valence-corrected chi connectivity index (χ3v) is 2.56. The molecule has 0 radical (unpaired) electrons. The zero-order chi connectivity index (χ0) is 11.7. The molecule has 0 aliphatic heterocycles. The number of benzene rings is 1. The van der Waals surface area contributed by atoms with Crippen LogP contribution in [0.25, 0.3) is 17.0 Å². The van der Waals surface area contributed by atoms with Gasteiger partial charge in [-0.2, -0.15) is 14.6 Å². The van der Waals surface area contributed by atoms with Gasteiger partial charge in [0.1, 0.15) is 12.1 Å². The Labute approximate surface area is 97.7 Å². The van der Waals surface area contributed by atoms with Crippen molar-refractivity contribution in [3.05, 3.63) is 42.9 Å². The quantitative estimate of drug-likeness (QED) is 0.668. The molecule has 2 heterocycles. The Morgan fingerprint density at radius 2 is 2.00 bits per heavy atom. The number of nitrogens with zero attached hydrogens (tertiary/aromatic N) is 4. The van der Waals surface area contributed by atoms with E-state index < -0.39 is 0 Å². The summed E-state index contributed by atoms with van der Waals surface area (Å²) in [5.74, 6) is 1.38. The molecular formula is C12H10N4O. The molecule has 5 heteroatoms. The van der Waals surface area contributed by atoms with Crippen molar-refractivity contribution in [3.63, 3.8) is 0 Å². The van der Waals surface area contributed by atoms with Crippen LogP contribution in [0.3, 0.4) is 0 Å². The average molecular weight is 226 g/mol. The third-order valence-electron chi connectivity index (χ3n) is 2.56. The fourth-order valence-corrected chi connectivity index (χ4v) is 1.80. The molecule has 3 rings (SSSR count). The number of hydrogen-bond acceptors (Lipinski definition) is 4. The molecule has 0 atom stereocenters. The van der Waals surface area contributed by atoms with Gasteiger partial charge in [-0.15, -0.1) is 0 Å². The first-order chi connectivity index (χ1) is 8.40. The molecule has 0 spiro atoms. The van der Waals surface area contributed by atoms with Gasteiger partial charge in [0, 0.05) is 11.8 Å². The van der Waals surface area contributed by atoms with Crippen LogP contribution in [0.5, 0.6) is 5.75 Å². The molecule has 0 saturated carbocycles. The number of fused-ring (bicyclic) bond motifs is 1. The largest absolute Gasteiger partial charge is 0.496 e. The third kappa shape index (κ3) is 1.52. The standard InChI is InChI=1S/C12H10N4O/c1-17-11-5-3-2-4-9(11)10-6-7-13-12-14-8-15-16(10)12/h2-8H,1H3. The molecular weight excluding hydrogens is 216 g/mol. The van der Waals surface area contributed by atoms with Gasteiger partial charge >= 0.3 is 0 Å². The second-order valence-electron chi connectivity index (χ2n) is 3.50. The second-order valence-corrected chi connectivity index (χ2v) is 3.50. The predicted octanol–water partition coefficient (Wildman–Crippen LogP) is 1.80. The van der Waals surface area contributed by atoms with Gasteiger partial charge in [-0.25, -0.2) is 4.98 Å². The molecule has 1 aromatic carbocycles. The van der Waals surface area contributed by atoms with Crippen molar-refractivity contribution < 1.29 is 4.74 Å². The minimum absolute atomic E-state index is 0.577. The zero-order valence-corrected chi connectivity index (χ0v) is 9.24. The summed E-state index contributed by atoms with van der Waals surface area (Å²) in [5.41, 5.74) is 1.87. The highest BCUT2D eigenvalue weighted by Crippen LogP contribution is 2.28. The summed E-state index contributed by atoms with van der Waals surface area (Å²) in [6.07, 6.45) is 3.20. The van der Waals surface area contributed by atoms with Crippen LogP contribution in [0.2, 0.25) is 0 Å². The highest BCUT2D eigenvalue weighted by Gasteiger charge is 2.09. The van der Waals surface area contributed by atoms with E-state index >= 15 is 0 Å². The number of para-hydroxylation sites is 1. The molecule has 0 aliphatic carbocycles. The molecule has 84 valence electrons. The second kappa shape index (κ2) is 3.86. The smallest absolute Gasteiger partial charge is 0.252 e. The maximum Gasteiger partial charge on any atom is 0.252 e. The van der Waals surface area contributed by atoms with Gasteiger partial charge < -0.3 is 4.74 Å². The molecule has 0 aliphatic rings. The molecule has 0 saturated heterocycles. The van der Waals surface area contributed by atoms with Crippen LogP contribution in [0.15, 0.2) is 42.9 Å². The Balaban J connectivity index is 2.30. The molecule has 5 nitrogen and oxygen atoms in total. The number of rotatable bonds is 2. The van der Waals surface area contributed by atoms with Gasteiger partial charge in [0.05, 0.1) is 12.8 Å². The molecule has 0 bridgehead atoms. The van der Waals surface area contributed by atoms with Crippen LogP contribution >= 0.6 is 0 Å². The van der Waals surface area contributed by atoms with Crippen molar-refractivity contribution in [3.8, 4) is 17.0 Å². The zero-order valence-electron chi connectivity index (χ0n) is 9.24. The van der Waals surface area contributed by atoms with Crippen molar-refractivity contribution in [1.29, 1.82) is 0 Å². The van der Waals surface area contributed by atoms with Crippen LogP contribution in [0.1, 0.15) is 0 Å². The van der Waals surface area contributed by atoms with Crippen LogP contribution in [0, 0.1) is 0 Å². The van der Waals surface area contributed by atoms with E-state index in [1.165, 1.54) is 6.33 Å². The lowest BCUT2D eigenvalue weighted by Crippen LogP contribution is -1.97. The van der Waals surface area contributed by atoms with Crippen molar-refractivity contribution in [1.82, 2.24) is 19.6 Å². The van der Waals surface area contributed by atoms with E-state index in [2.05, 4.69) is 15.1 Å². The molecule has 0 fully saturated rings. The topological polar surface area (TPSA) is 52.3 Å². The Kier molecular flexibility index (Phi) is 2.22. The van der Waals surface area contributed by atoms with Crippen molar-refractivity contribution >= 4 is 5.78 Å². The van der Waals surface area contributed by atoms with Crippen molar-refractivity contribution in [2.24, 2.45) is 0 Å². The lowest BCUT2D eigenvalue weighted by Gasteiger charge is -2.08. The monoisotopic (exact) mass is 226 g/mol. The van der Waals surface area contributed by atoms with Crippen LogP contribution in [-0.2, 0) is 0 Å². The summed E-state index contributed by atoms with van der Waals surface area (Å²) in [7, 11) is 1.65. The van der Waals surface area contributed by atoms with Gasteiger partial charge in [0.25, 0.3) is 5.78 Å². The number of hydrogen-bond donors (Lipinski definition) is 0. The molecule has 17 heavy (non-hydrogen) atoms. The van der Waals surface area contributed by atoms with E-state index in [0.29, 0.717) is 5.78 Å². The molecule has 0 unspecified atom stereocenters. The molecule has 0 amide bonds. The Morgan fingerprint density at radius 1 is 1.12 bits per heavy atom. The average Bonchev–Trinajstić information content (AvgIpc) is 2.86. The summed E-state index contributed by atoms with van der Waals surface area (Å²) in [4.78, 5) is 8.19. The maximum absolute atomic E-state index is 5.34. The van der Waals surface area contributed by atoms with E-state index in [1.807, 2.05) is 30.3 Å². The van der Waals surface area contributed by atoms with Gasteiger partial charge in [-0.3, -0.25) is 0 Å². The van der Waals surface area contributed by atoms with E-state index in [1.54, 1.807) is 17.8 Å². The first-order valence-electron chi connectivity index (χ1n) is 5.18. The highest BCUT2D eigenvalue weighted by atomic mass is 16.5. The lowest BCUT2D eigenvalue weighted by molar-refractivity contribution is 0.416. The van der Waals surface area contributed by atoms with E-state index in [0.717, 1.165) is 17.0 Å². The molecule has 3 aromatic rings. The summed E-state index contributed by atoms with van der Waals surface area (Å²) < 4.78 is 7.04. The number of aromatic nitrogens is 4. The minimum Gasteiger partial charge on any atom is -0.496 e.